The van der Waals surface area contributed by atoms with Crippen molar-refractivity contribution in [1.82, 2.24) is 20.3 Å². The summed E-state index contributed by atoms with van der Waals surface area (Å²) in [5, 5.41) is 12.4. The van der Waals surface area contributed by atoms with E-state index in [1.165, 1.54) is 0 Å². The summed E-state index contributed by atoms with van der Waals surface area (Å²) in [6.07, 6.45) is 0. The van der Waals surface area contributed by atoms with Crippen LogP contribution in [0.5, 0.6) is 0 Å². The van der Waals surface area contributed by atoms with Crippen molar-refractivity contribution in [2.45, 2.75) is 47.3 Å². The number of aromatic nitrogens is 3. The van der Waals surface area contributed by atoms with Gasteiger partial charge in [-0.15, -0.1) is 0 Å². The van der Waals surface area contributed by atoms with E-state index in [2.05, 4.69) is 22.5 Å². The molecular weight excluding hydrogens is 264 g/mol. The molecule has 0 unspecified atom stereocenters. The summed E-state index contributed by atoms with van der Waals surface area (Å²) < 4.78 is 7.07. The van der Waals surface area contributed by atoms with Gasteiger partial charge >= 0.3 is 0 Å². The molecule has 0 radical (unpaired) electrons. The van der Waals surface area contributed by atoms with Crippen LogP contribution in [0.25, 0.3) is 0 Å². The Hall–Kier alpha value is -1.33. The number of hydrogen-bond acceptors (Lipinski definition) is 4. The number of nitrogens with zero attached hydrogens (tertiary/aromatic N) is 3. The second-order valence-electron chi connectivity index (χ2n) is 4.57. The van der Waals surface area contributed by atoms with E-state index in [1.54, 1.807) is 0 Å². The normalized spacial score (nSPS) is 11.2. The van der Waals surface area contributed by atoms with Gasteiger partial charge in [-0.2, -0.15) is 5.10 Å². The van der Waals surface area contributed by atoms with Crippen molar-refractivity contribution in [3.05, 3.63) is 33.4 Å². The minimum Gasteiger partial charge on any atom is -0.361 e. The molecule has 2 aromatic rings. The molecule has 0 aliphatic heterocycles. The molecule has 0 amide bonds. The van der Waals surface area contributed by atoms with Crippen molar-refractivity contribution in [3.63, 3.8) is 0 Å². The molecule has 6 heteroatoms. The molecule has 104 valence electrons. The third kappa shape index (κ3) is 2.82. The predicted octanol–water partition coefficient (Wildman–Crippen LogP) is 2.76. The van der Waals surface area contributed by atoms with Gasteiger partial charge in [0.05, 0.1) is 22.1 Å². The fourth-order valence-corrected chi connectivity index (χ4v) is 2.30. The largest absolute Gasteiger partial charge is 0.361 e. The van der Waals surface area contributed by atoms with E-state index in [0.717, 1.165) is 40.0 Å². The van der Waals surface area contributed by atoms with Crippen molar-refractivity contribution in [2.75, 3.05) is 0 Å². The fourth-order valence-electron chi connectivity index (χ4n) is 2.10. The average molecular weight is 283 g/mol. The summed E-state index contributed by atoms with van der Waals surface area (Å²) >= 11 is 6.26. The van der Waals surface area contributed by atoms with Gasteiger partial charge in [0.2, 0.25) is 0 Å². The molecule has 0 bridgehead atoms. The molecule has 0 saturated heterocycles. The van der Waals surface area contributed by atoms with Crippen molar-refractivity contribution in [3.8, 4) is 0 Å². The summed E-state index contributed by atoms with van der Waals surface area (Å²) in [6, 6.07) is 0. The average Bonchev–Trinajstić information content (AvgIpc) is 2.85. The van der Waals surface area contributed by atoms with Gasteiger partial charge in [0.25, 0.3) is 0 Å². The monoisotopic (exact) mass is 282 g/mol. The molecule has 0 spiro atoms. The van der Waals surface area contributed by atoms with Crippen LogP contribution >= 0.6 is 11.6 Å². The second-order valence-corrected chi connectivity index (χ2v) is 4.95. The molecule has 0 aliphatic rings. The number of hydrogen-bond donors (Lipinski definition) is 1. The predicted molar refractivity (Wildman–Crippen MR) is 74.2 cm³/mol. The van der Waals surface area contributed by atoms with E-state index in [4.69, 9.17) is 16.1 Å². The Morgan fingerprint density at radius 1 is 1.21 bits per heavy atom. The first-order chi connectivity index (χ1) is 9.04. The SMILES string of the molecule is CCn1nc(C)c(Cl)c1CNCc1c(C)noc1C. The highest BCUT2D eigenvalue weighted by Crippen LogP contribution is 2.20. The Labute approximate surface area is 117 Å². The van der Waals surface area contributed by atoms with Crippen LogP contribution in [0.3, 0.4) is 0 Å². The van der Waals surface area contributed by atoms with Gasteiger partial charge in [-0.05, 0) is 27.7 Å². The fraction of sp³-hybridized carbons (Fsp3) is 0.538. The highest BCUT2D eigenvalue weighted by Gasteiger charge is 2.13. The first-order valence-corrected chi connectivity index (χ1v) is 6.76. The van der Waals surface area contributed by atoms with E-state index in [0.29, 0.717) is 13.1 Å². The van der Waals surface area contributed by atoms with E-state index in [9.17, 15) is 0 Å². The molecule has 0 atom stereocenters. The number of nitrogens with one attached hydrogen (secondary N) is 1. The standard InChI is InChI=1S/C13H19ClN4O/c1-5-18-12(13(14)9(3)16-18)7-15-6-11-8(2)17-19-10(11)4/h15H,5-7H2,1-4H3. The van der Waals surface area contributed by atoms with Crippen LogP contribution < -0.4 is 5.32 Å². The molecule has 0 saturated carbocycles. The lowest BCUT2D eigenvalue weighted by molar-refractivity contribution is 0.391. The molecule has 19 heavy (non-hydrogen) atoms. The van der Waals surface area contributed by atoms with Crippen LogP contribution in [0.15, 0.2) is 4.52 Å². The Balaban J connectivity index is 2.04. The van der Waals surface area contributed by atoms with Crippen LogP contribution in [0.1, 0.15) is 35.3 Å². The maximum atomic E-state index is 6.26. The highest BCUT2D eigenvalue weighted by molar-refractivity contribution is 6.31. The zero-order chi connectivity index (χ0) is 14.0. The van der Waals surface area contributed by atoms with Gasteiger partial charge in [-0.1, -0.05) is 16.8 Å². The summed E-state index contributed by atoms with van der Waals surface area (Å²) in [4.78, 5) is 0. The number of rotatable bonds is 5. The molecule has 5 nitrogen and oxygen atoms in total. The smallest absolute Gasteiger partial charge is 0.138 e. The first-order valence-electron chi connectivity index (χ1n) is 6.38. The van der Waals surface area contributed by atoms with Gasteiger partial charge < -0.3 is 9.84 Å². The molecule has 2 heterocycles. The summed E-state index contributed by atoms with van der Waals surface area (Å²) in [5.41, 5.74) is 3.93. The third-order valence-corrected chi connectivity index (χ3v) is 3.72. The van der Waals surface area contributed by atoms with Crippen molar-refractivity contribution >= 4 is 11.6 Å². The highest BCUT2D eigenvalue weighted by atomic mass is 35.5. The van der Waals surface area contributed by atoms with Crippen LogP contribution in [-0.2, 0) is 19.6 Å². The van der Waals surface area contributed by atoms with E-state index >= 15 is 0 Å². The quantitative estimate of drug-likeness (QED) is 0.916. The van der Waals surface area contributed by atoms with E-state index in [-0.39, 0.29) is 0 Å². The van der Waals surface area contributed by atoms with E-state index in [1.807, 2.05) is 25.5 Å². The zero-order valence-corrected chi connectivity index (χ0v) is 12.5. The Morgan fingerprint density at radius 2 is 1.95 bits per heavy atom. The summed E-state index contributed by atoms with van der Waals surface area (Å²) in [6.45, 7) is 10.1. The van der Waals surface area contributed by atoms with Gasteiger partial charge in [0.15, 0.2) is 0 Å². The van der Waals surface area contributed by atoms with Crippen LogP contribution in [0, 0.1) is 20.8 Å². The first kappa shape index (κ1) is 14.1. The molecular formula is C13H19ClN4O. The van der Waals surface area contributed by atoms with Crippen LogP contribution in [0.4, 0.5) is 0 Å². The lowest BCUT2D eigenvalue weighted by atomic mass is 10.2. The minimum atomic E-state index is 0.678. The topological polar surface area (TPSA) is 55.9 Å². The second kappa shape index (κ2) is 5.75. The molecule has 1 N–H and O–H groups in total. The molecule has 2 rings (SSSR count). The lowest BCUT2D eigenvalue weighted by Crippen LogP contribution is -2.17. The molecule has 2 aromatic heterocycles. The van der Waals surface area contributed by atoms with Crippen molar-refractivity contribution < 1.29 is 4.52 Å². The Bertz CT molecular complexity index is 554. The van der Waals surface area contributed by atoms with Crippen LogP contribution in [0.2, 0.25) is 5.02 Å². The lowest BCUT2D eigenvalue weighted by Gasteiger charge is -2.07. The molecule has 0 aliphatic carbocycles. The Kier molecular flexibility index (Phi) is 4.27. The number of aryl methyl sites for hydroxylation is 4. The number of halogens is 1. The summed E-state index contributed by atoms with van der Waals surface area (Å²) in [5.74, 6) is 0.858. The Morgan fingerprint density at radius 3 is 2.53 bits per heavy atom. The molecule has 0 aromatic carbocycles. The van der Waals surface area contributed by atoms with Gasteiger partial charge in [-0.25, -0.2) is 0 Å². The van der Waals surface area contributed by atoms with E-state index < -0.39 is 0 Å². The minimum absolute atomic E-state index is 0.678. The van der Waals surface area contributed by atoms with Gasteiger partial charge in [0, 0.05) is 25.2 Å². The molecule has 0 fully saturated rings. The maximum absolute atomic E-state index is 6.26. The van der Waals surface area contributed by atoms with Gasteiger partial charge in [-0.3, -0.25) is 4.68 Å². The van der Waals surface area contributed by atoms with Crippen molar-refractivity contribution in [2.24, 2.45) is 0 Å². The maximum Gasteiger partial charge on any atom is 0.138 e. The zero-order valence-electron chi connectivity index (χ0n) is 11.7. The summed E-state index contributed by atoms with van der Waals surface area (Å²) in [7, 11) is 0. The van der Waals surface area contributed by atoms with Crippen molar-refractivity contribution in [1.29, 1.82) is 0 Å². The van der Waals surface area contributed by atoms with Crippen LogP contribution in [-0.4, -0.2) is 14.9 Å². The third-order valence-electron chi connectivity index (χ3n) is 3.23. The van der Waals surface area contributed by atoms with Gasteiger partial charge in [0.1, 0.15) is 5.76 Å².